The van der Waals surface area contributed by atoms with Gasteiger partial charge in [-0.15, -0.1) is 5.10 Å². The van der Waals surface area contributed by atoms with Gasteiger partial charge in [-0.3, -0.25) is 0 Å². The van der Waals surface area contributed by atoms with E-state index < -0.39 is 5.97 Å². The fourth-order valence-electron chi connectivity index (χ4n) is 1.44. The first-order chi connectivity index (χ1) is 8.29. The fourth-order valence-corrected chi connectivity index (χ4v) is 1.44. The lowest BCUT2D eigenvalue weighted by molar-refractivity contribution is 0.0519. The Bertz CT molecular complexity index is 493. The van der Waals surface area contributed by atoms with Gasteiger partial charge in [0.2, 0.25) is 0 Å². The second kappa shape index (κ2) is 5.25. The van der Waals surface area contributed by atoms with Gasteiger partial charge in [0.05, 0.1) is 19.3 Å². The molecule has 0 fully saturated rings. The Morgan fingerprint density at radius 2 is 2.12 bits per heavy atom. The van der Waals surface area contributed by atoms with Crippen LogP contribution in [0.2, 0.25) is 0 Å². The van der Waals surface area contributed by atoms with E-state index in [-0.39, 0.29) is 5.69 Å². The summed E-state index contributed by atoms with van der Waals surface area (Å²) in [6, 6.07) is 9.85. The molecule has 0 atom stereocenters. The highest BCUT2D eigenvalue weighted by atomic mass is 16.5. The zero-order valence-corrected chi connectivity index (χ0v) is 9.54. The molecule has 0 saturated heterocycles. The van der Waals surface area contributed by atoms with Gasteiger partial charge < -0.3 is 4.74 Å². The highest BCUT2D eigenvalue weighted by Gasteiger charge is 2.11. The molecule has 0 aliphatic rings. The minimum Gasteiger partial charge on any atom is -0.461 e. The van der Waals surface area contributed by atoms with Crippen molar-refractivity contribution in [3.8, 4) is 0 Å². The molecular weight excluding hydrogens is 218 g/mol. The molecule has 0 saturated carbocycles. The van der Waals surface area contributed by atoms with Gasteiger partial charge in [0.1, 0.15) is 0 Å². The number of ether oxygens (including phenoxy) is 1. The van der Waals surface area contributed by atoms with Gasteiger partial charge >= 0.3 is 5.97 Å². The summed E-state index contributed by atoms with van der Waals surface area (Å²) in [5.74, 6) is -0.438. The van der Waals surface area contributed by atoms with Crippen molar-refractivity contribution in [1.82, 2.24) is 15.0 Å². The van der Waals surface area contributed by atoms with E-state index in [4.69, 9.17) is 4.74 Å². The number of carbonyl (C=O) groups excluding carboxylic acids is 1. The molecule has 0 bridgehead atoms. The predicted octanol–water partition coefficient (Wildman–Crippen LogP) is 1.50. The molecule has 88 valence electrons. The third-order valence-electron chi connectivity index (χ3n) is 2.21. The number of benzene rings is 1. The van der Waals surface area contributed by atoms with Gasteiger partial charge in [0, 0.05) is 0 Å². The van der Waals surface area contributed by atoms with Crippen LogP contribution in [-0.2, 0) is 11.3 Å². The molecule has 5 heteroatoms. The van der Waals surface area contributed by atoms with Crippen molar-refractivity contribution >= 4 is 5.97 Å². The predicted molar refractivity (Wildman–Crippen MR) is 61.5 cm³/mol. The molecule has 0 spiro atoms. The van der Waals surface area contributed by atoms with E-state index in [0.717, 1.165) is 5.56 Å². The summed E-state index contributed by atoms with van der Waals surface area (Å²) in [5, 5.41) is 7.65. The number of carbonyl (C=O) groups is 1. The maximum atomic E-state index is 11.4. The van der Waals surface area contributed by atoms with Gasteiger partial charge in [-0.1, -0.05) is 35.5 Å². The van der Waals surface area contributed by atoms with Crippen LogP contribution in [0.15, 0.2) is 36.5 Å². The van der Waals surface area contributed by atoms with Crippen LogP contribution in [0.25, 0.3) is 0 Å². The summed E-state index contributed by atoms with van der Waals surface area (Å²) < 4.78 is 6.45. The minimum atomic E-state index is -0.438. The average Bonchev–Trinajstić information content (AvgIpc) is 2.79. The molecule has 1 heterocycles. The molecule has 0 radical (unpaired) electrons. The minimum absolute atomic E-state index is 0.239. The average molecular weight is 231 g/mol. The Labute approximate surface area is 99.0 Å². The maximum Gasteiger partial charge on any atom is 0.360 e. The van der Waals surface area contributed by atoms with E-state index >= 15 is 0 Å². The number of rotatable bonds is 4. The fraction of sp³-hybridized carbons (Fsp3) is 0.250. The van der Waals surface area contributed by atoms with Crippen molar-refractivity contribution in [2.24, 2.45) is 0 Å². The first-order valence-corrected chi connectivity index (χ1v) is 5.40. The maximum absolute atomic E-state index is 11.4. The zero-order chi connectivity index (χ0) is 12.1. The van der Waals surface area contributed by atoms with Crippen LogP contribution in [0.1, 0.15) is 23.0 Å². The Morgan fingerprint density at radius 1 is 1.35 bits per heavy atom. The molecule has 5 nitrogen and oxygen atoms in total. The highest BCUT2D eigenvalue weighted by Crippen LogP contribution is 2.03. The third-order valence-corrected chi connectivity index (χ3v) is 2.21. The second-order valence-corrected chi connectivity index (χ2v) is 3.51. The van der Waals surface area contributed by atoms with Crippen molar-refractivity contribution in [2.75, 3.05) is 6.61 Å². The van der Waals surface area contributed by atoms with E-state index in [1.807, 2.05) is 30.3 Å². The molecule has 2 rings (SSSR count). The van der Waals surface area contributed by atoms with Crippen molar-refractivity contribution in [3.63, 3.8) is 0 Å². The normalized spacial score (nSPS) is 10.2. The summed E-state index contributed by atoms with van der Waals surface area (Å²) in [6.45, 7) is 2.68. The van der Waals surface area contributed by atoms with E-state index in [9.17, 15) is 4.79 Å². The summed E-state index contributed by atoms with van der Waals surface area (Å²) >= 11 is 0. The van der Waals surface area contributed by atoms with Crippen LogP contribution >= 0.6 is 0 Å². The Balaban J connectivity index is 2.06. The lowest BCUT2D eigenvalue weighted by Crippen LogP contribution is -2.04. The van der Waals surface area contributed by atoms with Gasteiger partial charge in [-0.25, -0.2) is 9.48 Å². The van der Waals surface area contributed by atoms with Crippen LogP contribution < -0.4 is 0 Å². The van der Waals surface area contributed by atoms with Gasteiger partial charge in [-0.2, -0.15) is 0 Å². The second-order valence-electron chi connectivity index (χ2n) is 3.51. The van der Waals surface area contributed by atoms with Crippen molar-refractivity contribution in [3.05, 3.63) is 47.8 Å². The largest absolute Gasteiger partial charge is 0.461 e. The van der Waals surface area contributed by atoms with E-state index in [1.54, 1.807) is 17.8 Å². The Kier molecular flexibility index (Phi) is 3.49. The van der Waals surface area contributed by atoms with E-state index in [2.05, 4.69) is 10.3 Å². The zero-order valence-electron chi connectivity index (χ0n) is 9.54. The number of hydrogen-bond donors (Lipinski definition) is 0. The van der Waals surface area contributed by atoms with Crippen LogP contribution in [0.5, 0.6) is 0 Å². The summed E-state index contributed by atoms with van der Waals surface area (Å²) in [6.07, 6.45) is 1.59. The van der Waals surface area contributed by atoms with E-state index in [0.29, 0.717) is 13.2 Å². The molecule has 0 aliphatic heterocycles. The number of esters is 1. The molecule has 0 aliphatic carbocycles. The van der Waals surface area contributed by atoms with Crippen LogP contribution in [0.3, 0.4) is 0 Å². The van der Waals surface area contributed by atoms with Gasteiger partial charge in [0.15, 0.2) is 5.69 Å². The third kappa shape index (κ3) is 2.90. The number of aromatic nitrogens is 3. The molecular formula is C12H13N3O2. The first kappa shape index (κ1) is 11.3. The molecule has 17 heavy (non-hydrogen) atoms. The summed E-state index contributed by atoms with van der Waals surface area (Å²) in [5.41, 5.74) is 1.34. The quantitative estimate of drug-likeness (QED) is 0.748. The standard InChI is InChI=1S/C12H13N3O2/c1-2-17-12(16)11-9-15(14-13-11)8-10-6-4-3-5-7-10/h3-7,9H,2,8H2,1H3. The SMILES string of the molecule is CCOC(=O)c1cn(Cc2ccccc2)nn1. The lowest BCUT2D eigenvalue weighted by atomic mass is 10.2. The summed E-state index contributed by atoms with van der Waals surface area (Å²) in [7, 11) is 0. The lowest BCUT2D eigenvalue weighted by Gasteiger charge is -1.99. The highest BCUT2D eigenvalue weighted by molar-refractivity contribution is 5.86. The smallest absolute Gasteiger partial charge is 0.360 e. The first-order valence-electron chi connectivity index (χ1n) is 5.40. The van der Waals surface area contributed by atoms with E-state index in [1.165, 1.54) is 0 Å². The van der Waals surface area contributed by atoms with Gasteiger partial charge in [-0.05, 0) is 12.5 Å². The summed E-state index contributed by atoms with van der Waals surface area (Å²) in [4.78, 5) is 11.4. The molecule has 0 amide bonds. The Morgan fingerprint density at radius 3 is 2.82 bits per heavy atom. The van der Waals surface area contributed by atoms with Crippen LogP contribution in [0, 0.1) is 0 Å². The van der Waals surface area contributed by atoms with Crippen LogP contribution in [0.4, 0.5) is 0 Å². The van der Waals surface area contributed by atoms with Gasteiger partial charge in [0.25, 0.3) is 0 Å². The van der Waals surface area contributed by atoms with Crippen molar-refractivity contribution in [1.29, 1.82) is 0 Å². The molecule has 1 aromatic carbocycles. The molecule has 2 aromatic rings. The molecule has 1 aromatic heterocycles. The number of nitrogens with zero attached hydrogens (tertiary/aromatic N) is 3. The topological polar surface area (TPSA) is 57.0 Å². The van der Waals surface area contributed by atoms with Crippen molar-refractivity contribution in [2.45, 2.75) is 13.5 Å². The number of hydrogen-bond acceptors (Lipinski definition) is 4. The molecule has 0 unspecified atom stereocenters. The van der Waals surface area contributed by atoms with Crippen molar-refractivity contribution < 1.29 is 9.53 Å². The Hall–Kier alpha value is -2.17. The van der Waals surface area contributed by atoms with Crippen LogP contribution in [-0.4, -0.2) is 27.6 Å². The monoisotopic (exact) mass is 231 g/mol. The molecule has 0 N–H and O–H groups in total.